The van der Waals surface area contributed by atoms with Crippen LogP contribution >= 0.6 is 11.8 Å². The van der Waals surface area contributed by atoms with Gasteiger partial charge in [0.25, 0.3) is 0 Å². The fourth-order valence-electron chi connectivity index (χ4n) is 1.62. The van der Waals surface area contributed by atoms with Crippen molar-refractivity contribution in [2.24, 2.45) is 0 Å². The number of benzene rings is 1. The molecule has 0 heterocycles. The van der Waals surface area contributed by atoms with Crippen LogP contribution in [0.15, 0.2) is 23.1 Å². The minimum absolute atomic E-state index is 0.281. The Bertz CT molecular complexity index is 396. The maximum absolute atomic E-state index is 13.0. The van der Waals surface area contributed by atoms with Crippen LogP contribution in [0.5, 0.6) is 0 Å². The van der Waals surface area contributed by atoms with E-state index in [9.17, 15) is 13.2 Å². The van der Waals surface area contributed by atoms with Crippen molar-refractivity contribution in [3.05, 3.63) is 29.3 Å². The van der Waals surface area contributed by atoms with Crippen LogP contribution in [0, 0.1) is 0 Å². The molecule has 0 radical (unpaired) electrons. The summed E-state index contributed by atoms with van der Waals surface area (Å²) >= 11 is 1.22. The highest BCUT2D eigenvalue weighted by Crippen LogP contribution is 2.37. The van der Waals surface area contributed by atoms with Gasteiger partial charge in [0.05, 0.1) is 5.56 Å². The molecule has 0 fully saturated rings. The highest BCUT2D eigenvalue weighted by molar-refractivity contribution is 7.99. The van der Waals surface area contributed by atoms with Crippen LogP contribution in [0.4, 0.5) is 13.2 Å². The van der Waals surface area contributed by atoms with Gasteiger partial charge in [0.1, 0.15) is 0 Å². The fourth-order valence-corrected chi connectivity index (χ4v) is 2.60. The first kappa shape index (κ1) is 16.3. The number of thioether (sulfide) groups is 1. The van der Waals surface area contributed by atoms with Crippen molar-refractivity contribution in [1.29, 1.82) is 0 Å². The molecule has 6 heteroatoms. The lowest BCUT2D eigenvalue weighted by molar-refractivity contribution is -0.139. The summed E-state index contributed by atoms with van der Waals surface area (Å²) in [5, 5.41) is 2.85. The first-order chi connectivity index (χ1) is 8.99. The number of nitrogens with one attached hydrogen (secondary N) is 1. The molecule has 1 rings (SSSR count). The summed E-state index contributed by atoms with van der Waals surface area (Å²) in [6.07, 6.45) is -3.58. The van der Waals surface area contributed by atoms with E-state index in [-0.39, 0.29) is 4.90 Å². The van der Waals surface area contributed by atoms with E-state index in [2.05, 4.69) is 5.32 Å². The Morgan fingerprint density at radius 3 is 2.63 bits per heavy atom. The molecule has 108 valence electrons. The second kappa shape index (κ2) is 7.77. The molecule has 1 aromatic rings. The SMILES string of the molecule is CNCc1ccc(SCCCOC)c(C(F)(F)F)c1. The monoisotopic (exact) mass is 293 g/mol. The van der Waals surface area contributed by atoms with Crippen LogP contribution < -0.4 is 5.32 Å². The number of halogens is 3. The van der Waals surface area contributed by atoms with Gasteiger partial charge in [0, 0.05) is 30.9 Å². The topological polar surface area (TPSA) is 21.3 Å². The average molecular weight is 293 g/mol. The first-order valence-electron chi connectivity index (χ1n) is 5.95. The van der Waals surface area contributed by atoms with Crippen LogP contribution in [0.1, 0.15) is 17.5 Å². The Balaban J connectivity index is 2.84. The molecule has 1 N–H and O–H groups in total. The fraction of sp³-hybridized carbons (Fsp3) is 0.538. The largest absolute Gasteiger partial charge is 0.417 e. The van der Waals surface area contributed by atoms with E-state index < -0.39 is 11.7 Å². The smallest absolute Gasteiger partial charge is 0.385 e. The molecule has 0 spiro atoms. The molecule has 2 nitrogen and oxygen atoms in total. The van der Waals surface area contributed by atoms with Crippen molar-refractivity contribution in [2.45, 2.75) is 24.0 Å². The van der Waals surface area contributed by atoms with E-state index in [1.165, 1.54) is 17.8 Å². The molecule has 19 heavy (non-hydrogen) atoms. The zero-order chi connectivity index (χ0) is 14.3. The average Bonchev–Trinajstić information content (AvgIpc) is 2.35. The van der Waals surface area contributed by atoms with Crippen molar-refractivity contribution in [1.82, 2.24) is 5.32 Å². The van der Waals surface area contributed by atoms with Crippen molar-refractivity contribution in [3.8, 4) is 0 Å². The van der Waals surface area contributed by atoms with E-state index in [1.54, 1.807) is 26.3 Å². The second-order valence-corrected chi connectivity index (χ2v) is 5.19. The molecule has 0 atom stereocenters. The Morgan fingerprint density at radius 1 is 1.32 bits per heavy atom. The van der Waals surface area contributed by atoms with Gasteiger partial charge in [-0.15, -0.1) is 11.8 Å². The van der Waals surface area contributed by atoms with Gasteiger partial charge < -0.3 is 10.1 Å². The first-order valence-corrected chi connectivity index (χ1v) is 6.94. The van der Waals surface area contributed by atoms with Gasteiger partial charge in [-0.05, 0) is 31.2 Å². The molecule has 0 bridgehead atoms. The lowest BCUT2D eigenvalue weighted by Crippen LogP contribution is -2.10. The summed E-state index contributed by atoms with van der Waals surface area (Å²) < 4.78 is 43.8. The predicted octanol–water partition coefficient (Wildman–Crippen LogP) is 3.55. The molecular weight excluding hydrogens is 275 g/mol. The van der Waals surface area contributed by atoms with Gasteiger partial charge in [-0.2, -0.15) is 13.2 Å². The summed E-state index contributed by atoms with van der Waals surface area (Å²) in [5.74, 6) is 0.613. The standard InChI is InChI=1S/C13H18F3NOS/c1-17-9-10-4-5-12(19-7-3-6-18-2)11(8-10)13(14,15)16/h4-5,8,17H,3,6-7,9H2,1-2H3. The minimum atomic E-state index is -4.31. The Hall–Kier alpha value is -0.720. The number of ether oxygens (including phenoxy) is 1. The summed E-state index contributed by atoms with van der Waals surface area (Å²) in [6, 6.07) is 4.49. The van der Waals surface area contributed by atoms with Crippen LogP contribution in [-0.2, 0) is 17.5 Å². The van der Waals surface area contributed by atoms with Gasteiger partial charge in [-0.3, -0.25) is 0 Å². The third-order valence-electron chi connectivity index (χ3n) is 2.48. The lowest BCUT2D eigenvalue weighted by Gasteiger charge is -2.14. The van der Waals surface area contributed by atoms with Crippen LogP contribution in [-0.4, -0.2) is 26.5 Å². The zero-order valence-corrected chi connectivity index (χ0v) is 11.8. The molecule has 0 aromatic heterocycles. The molecule has 0 aliphatic carbocycles. The predicted molar refractivity (Wildman–Crippen MR) is 71.4 cm³/mol. The van der Waals surface area contributed by atoms with E-state index in [4.69, 9.17) is 4.74 Å². The van der Waals surface area contributed by atoms with Gasteiger partial charge in [0.15, 0.2) is 0 Å². The highest BCUT2D eigenvalue weighted by atomic mass is 32.2. The third kappa shape index (κ3) is 5.42. The van der Waals surface area contributed by atoms with Gasteiger partial charge in [-0.1, -0.05) is 6.07 Å². The molecule has 0 unspecified atom stereocenters. The molecular formula is C13H18F3NOS. The summed E-state index contributed by atoms with van der Waals surface area (Å²) in [4.78, 5) is 0.281. The minimum Gasteiger partial charge on any atom is -0.385 e. The molecule has 0 amide bonds. The maximum atomic E-state index is 13.0. The Kier molecular flexibility index (Phi) is 6.68. The van der Waals surface area contributed by atoms with Crippen molar-refractivity contribution in [3.63, 3.8) is 0 Å². The molecule has 0 saturated heterocycles. The van der Waals surface area contributed by atoms with Crippen LogP contribution in [0.25, 0.3) is 0 Å². The number of hydrogen-bond acceptors (Lipinski definition) is 3. The van der Waals surface area contributed by atoms with Gasteiger partial charge >= 0.3 is 6.18 Å². The molecule has 0 saturated carbocycles. The number of hydrogen-bond donors (Lipinski definition) is 1. The third-order valence-corrected chi connectivity index (χ3v) is 3.64. The molecule has 1 aromatic carbocycles. The normalized spacial score (nSPS) is 11.8. The Morgan fingerprint density at radius 2 is 2.05 bits per heavy atom. The van der Waals surface area contributed by atoms with Crippen LogP contribution in [0.3, 0.4) is 0 Å². The van der Waals surface area contributed by atoms with Crippen LogP contribution in [0.2, 0.25) is 0 Å². The number of alkyl halides is 3. The maximum Gasteiger partial charge on any atom is 0.417 e. The number of rotatable bonds is 7. The zero-order valence-electron chi connectivity index (χ0n) is 11.0. The lowest BCUT2D eigenvalue weighted by atomic mass is 10.1. The van der Waals surface area contributed by atoms with Gasteiger partial charge in [0.2, 0.25) is 0 Å². The highest BCUT2D eigenvalue weighted by Gasteiger charge is 2.33. The van der Waals surface area contributed by atoms with Crippen molar-refractivity contribution < 1.29 is 17.9 Å². The van der Waals surface area contributed by atoms with E-state index in [0.717, 1.165) is 6.42 Å². The Labute approximate surface area is 115 Å². The van der Waals surface area contributed by atoms with E-state index in [0.29, 0.717) is 24.5 Å². The molecule has 0 aliphatic rings. The second-order valence-electron chi connectivity index (χ2n) is 4.05. The van der Waals surface area contributed by atoms with E-state index in [1.807, 2.05) is 0 Å². The summed E-state index contributed by atoms with van der Waals surface area (Å²) in [7, 11) is 3.29. The van der Waals surface area contributed by atoms with Crippen molar-refractivity contribution >= 4 is 11.8 Å². The molecule has 0 aliphatic heterocycles. The van der Waals surface area contributed by atoms with Crippen molar-refractivity contribution in [2.75, 3.05) is 26.5 Å². The summed E-state index contributed by atoms with van der Waals surface area (Å²) in [6.45, 7) is 0.990. The summed E-state index contributed by atoms with van der Waals surface area (Å²) in [5.41, 5.74) is 0.0822. The number of methoxy groups -OCH3 is 1. The van der Waals surface area contributed by atoms with E-state index >= 15 is 0 Å². The van der Waals surface area contributed by atoms with Gasteiger partial charge in [-0.25, -0.2) is 0 Å². The quantitative estimate of drug-likeness (QED) is 0.613.